The number of ether oxygens (including phenoxy) is 1. The van der Waals surface area contributed by atoms with Gasteiger partial charge in [0.2, 0.25) is 5.91 Å². The number of rotatable bonds is 8. The maximum atomic E-state index is 13.9. The fraction of sp³-hybridized carbons (Fsp3) is 0.382. The summed E-state index contributed by atoms with van der Waals surface area (Å²) in [5.41, 5.74) is 3.68. The Balaban J connectivity index is 1.36. The highest BCUT2D eigenvalue weighted by molar-refractivity contribution is 6.02. The van der Waals surface area contributed by atoms with Crippen LogP contribution in [0.3, 0.4) is 0 Å². The average Bonchev–Trinajstić information content (AvgIpc) is 3.46. The van der Waals surface area contributed by atoms with Gasteiger partial charge in [-0.2, -0.15) is 0 Å². The van der Waals surface area contributed by atoms with Crippen molar-refractivity contribution >= 4 is 29.1 Å². The first-order valence-corrected chi connectivity index (χ1v) is 14.9. The molecular formula is C34H40N4O4. The van der Waals surface area contributed by atoms with E-state index >= 15 is 0 Å². The predicted molar refractivity (Wildman–Crippen MR) is 165 cm³/mol. The number of nitrogens with one attached hydrogen (secondary N) is 1. The third-order valence-electron chi connectivity index (χ3n) is 8.29. The molecule has 42 heavy (non-hydrogen) atoms. The predicted octanol–water partition coefficient (Wildman–Crippen LogP) is 5.45. The molecule has 3 amide bonds. The van der Waals surface area contributed by atoms with Gasteiger partial charge in [-0.15, -0.1) is 0 Å². The Morgan fingerprint density at radius 3 is 2.33 bits per heavy atom. The molecule has 0 radical (unpaired) electrons. The van der Waals surface area contributed by atoms with Gasteiger partial charge >= 0.3 is 0 Å². The molecule has 1 N–H and O–H groups in total. The summed E-state index contributed by atoms with van der Waals surface area (Å²) in [5.74, 6) is 0.652. The summed E-state index contributed by atoms with van der Waals surface area (Å²) < 4.78 is 5.23. The van der Waals surface area contributed by atoms with E-state index < -0.39 is 0 Å². The van der Waals surface area contributed by atoms with Crippen LogP contribution in [-0.2, 0) is 11.3 Å². The van der Waals surface area contributed by atoms with Crippen molar-refractivity contribution in [1.29, 1.82) is 0 Å². The first kappa shape index (κ1) is 29.2. The molecule has 220 valence electrons. The van der Waals surface area contributed by atoms with Gasteiger partial charge in [0, 0.05) is 62.6 Å². The van der Waals surface area contributed by atoms with E-state index in [-0.39, 0.29) is 23.6 Å². The number of methoxy groups -OCH3 is 1. The first-order valence-electron chi connectivity index (χ1n) is 14.9. The third kappa shape index (κ3) is 6.93. The summed E-state index contributed by atoms with van der Waals surface area (Å²) in [4.78, 5) is 45.8. The van der Waals surface area contributed by atoms with Crippen molar-refractivity contribution in [3.8, 4) is 5.75 Å². The summed E-state index contributed by atoms with van der Waals surface area (Å²) in [6, 6.07) is 22.7. The van der Waals surface area contributed by atoms with E-state index in [0.717, 1.165) is 43.4 Å². The summed E-state index contributed by atoms with van der Waals surface area (Å²) in [6.45, 7) is 2.95. The molecule has 0 bridgehead atoms. The van der Waals surface area contributed by atoms with Crippen LogP contribution < -0.4 is 15.0 Å². The lowest BCUT2D eigenvalue weighted by atomic mass is 10.1. The van der Waals surface area contributed by atoms with Gasteiger partial charge in [-0.05, 0) is 67.3 Å². The molecular weight excluding hydrogens is 528 g/mol. The third-order valence-corrected chi connectivity index (χ3v) is 8.29. The van der Waals surface area contributed by atoms with Gasteiger partial charge in [-0.3, -0.25) is 14.4 Å². The number of hydrogen-bond donors (Lipinski definition) is 1. The monoisotopic (exact) mass is 568 g/mol. The Morgan fingerprint density at radius 2 is 1.62 bits per heavy atom. The fourth-order valence-corrected chi connectivity index (χ4v) is 5.91. The zero-order valence-electron chi connectivity index (χ0n) is 24.6. The highest BCUT2D eigenvalue weighted by Gasteiger charge is 2.26. The van der Waals surface area contributed by atoms with Crippen molar-refractivity contribution in [2.45, 2.75) is 38.6 Å². The Labute approximate surface area is 248 Å². The van der Waals surface area contributed by atoms with Crippen LogP contribution in [0.1, 0.15) is 58.4 Å². The van der Waals surface area contributed by atoms with E-state index in [1.165, 1.54) is 0 Å². The van der Waals surface area contributed by atoms with Crippen LogP contribution in [-0.4, -0.2) is 67.9 Å². The van der Waals surface area contributed by atoms with Crippen molar-refractivity contribution in [3.63, 3.8) is 0 Å². The van der Waals surface area contributed by atoms with Crippen LogP contribution in [0.5, 0.6) is 5.75 Å². The van der Waals surface area contributed by atoms with Gasteiger partial charge in [-0.1, -0.05) is 43.2 Å². The first-order chi connectivity index (χ1) is 20.4. The number of carbonyl (C=O) groups excluding carboxylic acids is 3. The minimum atomic E-state index is -0.110. The van der Waals surface area contributed by atoms with Crippen molar-refractivity contribution < 1.29 is 19.1 Å². The molecule has 0 spiro atoms. The van der Waals surface area contributed by atoms with E-state index in [4.69, 9.17) is 4.74 Å². The molecule has 1 aliphatic carbocycles. The van der Waals surface area contributed by atoms with Crippen molar-refractivity contribution in [2.75, 3.05) is 50.6 Å². The largest absolute Gasteiger partial charge is 0.497 e. The van der Waals surface area contributed by atoms with E-state index in [0.29, 0.717) is 55.3 Å². The molecule has 8 nitrogen and oxygen atoms in total. The van der Waals surface area contributed by atoms with Crippen LogP contribution in [0.25, 0.3) is 0 Å². The smallest absolute Gasteiger partial charge is 0.256 e. The van der Waals surface area contributed by atoms with Gasteiger partial charge in [-0.25, -0.2) is 0 Å². The Morgan fingerprint density at radius 1 is 0.881 bits per heavy atom. The number of amides is 3. The molecule has 0 aromatic heterocycles. The Hall–Kier alpha value is -4.33. The zero-order valence-corrected chi connectivity index (χ0v) is 24.6. The van der Waals surface area contributed by atoms with Gasteiger partial charge in [0.1, 0.15) is 5.75 Å². The fourth-order valence-electron chi connectivity index (χ4n) is 5.91. The summed E-state index contributed by atoms with van der Waals surface area (Å²) >= 11 is 0. The summed E-state index contributed by atoms with van der Waals surface area (Å²) in [6.07, 6.45) is 4.76. The molecule has 5 rings (SSSR count). The average molecular weight is 569 g/mol. The molecule has 8 heteroatoms. The second-order valence-corrected chi connectivity index (χ2v) is 11.2. The minimum absolute atomic E-state index is 0.0108. The lowest BCUT2D eigenvalue weighted by Crippen LogP contribution is -2.36. The van der Waals surface area contributed by atoms with E-state index in [9.17, 15) is 14.4 Å². The number of nitrogens with zero attached hydrogens (tertiary/aromatic N) is 3. The maximum absolute atomic E-state index is 13.9. The standard InChI is InChI=1S/C34H40N4O4/c1-36(24-25-9-4-3-5-10-25)34(41)30-23-28(35-32(39)26-11-6-7-12-26)15-18-31(30)37-19-8-20-38(22-21-37)33(40)27-13-16-29(42-2)17-14-27/h3-5,9-10,13-18,23,26H,6-8,11-12,19-22,24H2,1-2H3,(H,35,39). The highest BCUT2D eigenvalue weighted by Crippen LogP contribution is 2.30. The summed E-state index contributed by atoms with van der Waals surface area (Å²) in [5, 5.41) is 3.07. The van der Waals surface area contributed by atoms with Crippen molar-refractivity contribution in [1.82, 2.24) is 9.80 Å². The van der Waals surface area contributed by atoms with Gasteiger partial charge < -0.3 is 24.8 Å². The van der Waals surface area contributed by atoms with E-state index in [1.807, 2.05) is 53.4 Å². The normalized spacial score (nSPS) is 15.7. The molecule has 1 heterocycles. The topological polar surface area (TPSA) is 82.2 Å². The Kier molecular flexibility index (Phi) is 9.41. The number of benzene rings is 3. The molecule has 1 saturated carbocycles. The molecule has 0 atom stereocenters. The van der Waals surface area contributed by atoms with Crippen molar-refractivity contribution in [3.05, 3.63) is 89.5 Å². The van der Waals surface area contributed by atoms with Crippen LogP contribution in [0.2, 0.25) is 0 Å². The lowest BCUT2D eigenvalue weighted by molar-refractivity contribution is -0.119. The van der Waals surface area contributed by atoms with Crippen LogP contribution in [0.4, 0.5) is 11.4 Å². The van der Waals surface area contributed by atoms with Crippen LogP contribution >= 0.6 is 0 Å². The zero-order chi connectivity index (χ0) is 29.5. The van der Waals surface area contributed by atoms with Crippen molar-refractivity contribution in [2.24, 2.45) is 5.92 Å². The Bertz CT molecular complexity index is 1390. The quantitative estimate of drug-likeness (QED) is 0.391. The molecule has 1 aliphatic heterocycles. The molecule has 1 saturated heterocycles. The van der Waals surface area contributed by atoms with Gasteiger partial charge in [0.25, 0.3) is 11.8 Å². The molecule has 3 aromatic carbocycles. The SMILES string of the molecule is COc1ccc(C(=O)N2CCCN(c3ccc(NC(=O)C4CCCC4)cc3C(=O)N(C)Cc3ccccc3)CC2)cc1. The molecule has 2 aliphatic rings. The molecule has 0 unspecified atom stereocenters. The number of hydrogen-bond acceptors (Lipinski definition) is 5. The lowest BCUT2D eigenvalue weighted by Gasteiger charge is -2.28. The second-order valence-electron chi connectivity index (χ2n) is 11.2. The summed E-state index contributed by atoms with van der Waals surface area (Å²) in [7, 11) is 3.41. The minimum Gasteiger partial charge on any atom is -0.497 e. The maximum Gasteiger partial charge on any atom is 0.256 e. The van der Waals surface area contributed by atoms with Crippen LogP contribution in [0.15, 0.2) is 72.8 Å². The number of carbonyl (C=O) groups is 3. The highest BCUT2D eigenvalue weighted by atomic mass is 16.5. The molecule has 3 aromatic rings. The van der Waals surface area contributed by atoms with Crippen LogP contribution in [0, 0.1) is 5.92 Å². The second kappa shape index (κ2) is 13.6. The van der Waals surface area contributed by atoms with Gasteiger partial charge in [0.05, 0.1) is 12.7 Å². The van der Waals surface area contributed by atoms with E-state index in [2.05, 4.69) is 10.2 Å². The van der Waals surface area contributed by atoms with Gasteiger partial charge in [0.15, 0.2) is 0 Å². The van der Waals surface area contributed by atoms with E-state index in [1.54, 1.807) is 43.3 Å². The molecule has 2 fully saturated rings. The number of anilines is 2.